The Morgan fingerprint density at radius 1 is 0.968 bits per heavy atom. The number of carbonyl (C=O) groups excluding carboxylic acids is 1. The number of carbonyl (C=O) groups is 1. The average molecular weight is 840 g/mol. The van der Waals surface area contributed by atoms with Gasteiger partial charge in [0, 0.05) is 43.2 Å². The van der Waals surface area contributed by atoms with E-state index in [0.717, 1.165) is 59.1 Å². The van der Waals surface area contributed by atoms with Crippen molar-refractivity contribution >= 4 is 22.4 Å². The van der Waals surface area contributed by atoms with E-state index < -0.39 is 23.3 Å². The third-order valence-electron chi connectivity index (χ3n) is 12.4. The molecule has 0 radical (unpaired) electrons. The number of aliphatic hydroxyl groups excluding tert-OH is 2. The average Bonchev–Trinajstić information content (AvgIpc) is 3.27. The van der Waals surface area contributed by atoms with Crippen molar-refractivity contribution in [1.29, 1.82) is 5.26 Å². The maximum absolute atomic E-state index is 14.9. The van der Waals surface area contributed by atoms with Crippen molar-refractivity contribution < 1.29 is 34.1 Å². The van der Waals surface area contributed by atoms with E-state index in [4.69, 9.17) is 24.2 Å². The molecule has 6 unspecified atom stereocenters. The van der Waals surface area contributed by atoms with Gasteiger partial charge < -0.3 is 34.2 Å². The van der Waals surface area contributed by atoms with E-state index in [1.165, 1.54) is 0 Å². The highest BCUT2D eigenvalue weighted by Gasteiger charge is 2.65. The van der Waals surface area contributed by atoms with Crippen molar-refractivity contribution in [2.75, 3.05) is 26.4 Å². The van der Waals surface area contributed by atoms with Gasteiger partial charge in [-0.05, 0) is 136 Å². The Morgan fingerprint density at radius 2 is 1.68 bits per heavy atom. The number of ether oxygens (including phenoxy) is 3. The van der Waals surface area contributed by atoms with Crippen LogP contribution in [0, 0.1) is 29.1 Å². The number of hydrogen-bond acceptors (Lipinski definition) is 9. The molecule has 4 aromatic rings. The number of hydrogen-bond donors (Lipinski definition) is 2. The Hall–Kier alpha value is -5.47. The molecular weight excluding hydrogens is 779 g/mol. The molecule has 0 bridgehead atoms. The van der Waals surface area contributed by atoms with Crippen molar-refractivity contribution in [3.05, 3.63) is 126 Å². The SMILES string of the molecule is C=CCOC12Oc3ccc(Oc4ccc5ccccc5c4)cc3C3C(CCCCO)C(CCCCO)C=C(C(=NOC(C)(C)C)CC1N(CCC)C(=O)c1ccc(C#N)cc1)C32. The minimum atomic E-state index is -1.39. The van der Waals surface area contributed by atoms with E-state index in [9.17, 15) is 20.3 Å². The predicted octanol–water partition coefficient (Wildman–Crippen LogP) is 10.5. The maximum Gasteiger partial charge on any atom is 0.254 e. The van der Waals surface area contributed by atoms with Crippen molar-refractivity contribution in [3.8, 4) is 23.3 Å². The number of allylic oxidation sites excluding steroid dienone is 1. The second-order valence-corrected chi connectivity index (χ2v) is 17.8. The molecule has 4 aromatic carbocycles. The molecule has 3 aliphatic rings. The van der Waals surface area contributed by atoms with Crippen LogP contribution in [0.3, 0.4) is 0 Å². The Kier molecular flexibility index (Phi) is 14.2. The molecule has 326 valence electrons. The zero-order chi connectivity index (χ0) is 43.9. The van der Waals surface area contributed by atoms with Crippen LogP contribution in [0.5, 0.6) is 17.2 Å². The normalized spacial score (nSPS) is 23.3. The molecule has 6 atom stereocenters. The molecule has 7 rings (SSSR count). The van der Waals surface area contributed by atoms with Crippen LogP contribution in [-0.4, -0.2) is 70.5 Å². The number of unbranched alkanes of at least 4 members (excludes halogenated alkanes) is 2. The van der Waals surface area contributed by atoms with Crippen LogP contribution in [0.25, 0.3) is 10.8 Å². The third-order valence-corrected chi connectivity index (χ3v) is 12.4. The lowest BCUT2D eigenvalue weighted by Gasteiger charge is -2.60. The fourth-order valence-electron chi connectivity index (χ4n) is 9.76. The number of aliphatic hydroxyl groups is 2. The highest BCUT2D eigenvalue weighted by atomic mass is 16.7. The predicted molar refractivity (Wildman–Crippen MR) is 242 cm³/mol. The maximum atomic E-state index is 14.9. The van der Waals surface area contributed by atoms with Gasteiger partial charge in [0.2, 0.25) is 5.79 Å². The Labute approximate surface area is 366 Å². The molecule has 2 N–H and O–H groups in total. The number of oxime groups is 1. The van der Waals surface area contributed by atoms with Crippen LogP contribution >= 0.6 is 0 Å². The topological polar surface area (TPSA) is 134 Å². The minimum absolute atomic E-state index is 0.0663. The Morgan fingerprint density at radius 3 is 2.37 bits per heavy atom. The highest BCUT2D eigenvalue weighted by Crippen LogP contribution is 2.62. The molecule has 1 fully saturated rings. The molecule has 1 aliphatic heterocycles. The lowest BCUT2D eigenvalue weighted by Crippen LogP contribution is -2.70. The zero-order valence-electron chi connectivity index (χ0n) is 36.6. The molecule has 0 spiro atoms. The monoisotopic (exact) mass is 839 g/mol. The zero-order valence-corrected chi connectivity index (χ0v) is 36.6. The van der Waals surface area contributed by atoms with Crippen molar-refractivity contribution in [2.45, 2.75) is 102 Å². The molecule has 62 heavy (non-hydrogen) atoms. The summed E-state index contributed by atoms with van der Waals surface area (Å²) in [6.07, 6.45) is 9.70. The van der Waals surface area contributed by atoms with Gasteiger partial charge in [0.15, 0.2) is 0 Å². The van der Waals surface area contributed by atoms with E-state index >= 15 is 0 Å². The van der Waals surface area contributed by atoms with E-state index in [1.807, 2.05) is 69.0 Å². The molecular formula is C52H61N3O7. The number of nitriles is 1. The van der Waals surface area contributed by atoms with Crippen LogP contribution in [-0.2, 0) is 9.57 Å². The lowest BCUT2D eigenvalue weighted by atomic mass is 9.55. The molecule has 2 aliphatic carbocycles. The summed E-state index contributed by atoms with van der Waals surface area (Å²) >= 11 is 0. The van der Waals surface area contributed by atoms with Crippen molar-refractivity contribution in [1.82, 2.24) is 4.90 Å². The number of benzene rings is 4. The van der Waals surface area contributed by atoms with Gasteiger partial charge in [0.05, 0.1) is 29.9 Å². The van der Waals surface area contributed by atoms with Crippen LogP contribution in [0.4, 0.5) is 0 Å². The molecule has 0 aromatic heterocycles. The fourth-order valence-corrected chi connectivity index (χ4v) is 9.76. The van der Waals surface area contributed by atoms with E-state index in [-0.39, 0.29) is 43.5 Å². The van der Waals surface area contributed by atoms with Gasteiger partial charge in [-0.1, -0.05) is 67.4 Å². The molecule has 0 saturated heterocycles. The van der Waals surface area contributed by atoms with Gasteiger partial charge in [-0.2, -0.15) is 5.26 Å². The quantitative estimate of drug-likeness (QED) is 0.0575. The van der Waals surface area contributed by atoms with Crippen molar-refractivity contribution in [2.24, 2.45) is 22.9 Å². The summed E-state index contributed by atoms with van der Waals surface area (Å²) in [4.78, 5) is 23.1. The first-order valence-corrected chi connectivity index (χ1v) is 22.3. The van der Waals surface area contributed by atoms with Crippen LogP contribution in [0.15, 0.2) is 114 Å². The van der Waals surface area contributed by atoms with E-state index in [2.05, 4.69) is 43.0 Å². The van der Waals surface area contributed by atoms with Gasteiger partial charge in [0.25, 0.3) is 5.91 Å². The minimum Gasteiger partial charge on any atom is -0.459 e. The second-order valence-electron chi connectivity index (χ2n) is 17.8. The molecule has 1 saturated carbocycles. The Balaban J connectivity index is 1.45. The number of fused-ring (bicyclic) bond motifs is 3. The number of amides is 1. The fraction of sp³-hybridized carbons (Fsp3) is 0.442. The van der Waals surface area contributed by atoms with Crippen LogP contribution in [0.1, 0.15) is 106 Å². The largest absolute Gasteiger partial charge is 0.459 e. The molecule has 10 nitrogen and oxygen atoms in total. The van der Waals surface area contributed by atoms with Crippen LogP contribution < -0.4 is 9.47 Å². The van der Waals surface area contributed by atoms with Gasteiger partial charge in [-0.25, -0.2) is 0 Å². The van der Waals surface area contributed by atoms with Gasteiger partial charge >= 0.3 is 0 Å². The highest BCUT2D eigenvalue weighted by molar-refractivity contribution is 6.03. The van der Waals surface area contributed by atoms with Crippen molar-refractivity contribution in [3.63, 3.8) is 0 Å². The van der Waals surface area contributed by atoms with E-state index in [1.54, 1.807) is 30.3 Å². The molecule has 1 amide bonds. The lowest BCUT2D eigenvalue weighted by molar-refractivity contribution is -0.254. The second kappa shape index (κ2) is 19.7. The first-order valence-electron chi connectivity index (χ1n) is 22.3. The van der Waals surface area contributed by atoms with Gasteiger partial charge in [-0.3, -0.25) is 4.79 Å². The van der Waals surface area contributed by atoms with Crippen LogP contribution in [0.2, 0.25) is 0 Å². The third kappa shape index (κ3) is 9.46. The van der Waals surface area contributed by atoms with Gasteiger partial charge in [-0.15, -0.1) is 6.58 Å². The summed E-state index contributed by atoms with van der Waals surface area (Å²) in [6, 6.07) is 28.6. The summed E-state index contributed by atoms with van der Waals surface area (Å²) in [5.41, 5.74) is 3.03. The molecule has 10 heteroatoms. The Bertz CT molecular complexity index is 2310. The first-order chi connectivity index (χ1) is 30.0. The molecule has 1 heterocycles. The van der Waals surface area contributed by atoms with E-state index in [0.29, 0.717) is 54.9 Å². The summed E-state index contributed by atoms with van der Waals surface area (Å²) in [6.45, 7) is 12.8. The number of nitrogens with zero attached hydrogens (tertiary/aromatic N) is 3. The summed E-state index contributed by atoms with van der Waals surface area (Å²) in [5, 5.41) is 36.7. The summed E-state index contributed by atoms with van der Waals surface area (Å²) in [7, 11) is 0. The summed E-state index contributed by atoms with van der Waals surface area (Å²) < 4.78 is 21.2. The smallest absolute Gasteiger partial charge is 0.254 e. The summed E-state index contributed by atoms with van der Waals surface area (Å²) in [5.74, 6) is -0.0311. The van der Waals surface area contributed by atoms with Gasteiger partial charge in [0.1, 0.15) is 28.9 Å². The number of rotatable bonds is 18. The first kappa shape index (κ1) is 44.6. The standard InChI is InChI=1S/C52H61N3O7/c1-6-26-55(50(58)37-20-18-35(34-53)19-21-37)47-33-45(54-62-51(3,4)5)43-31-39(16-10-12-27-56)42(17-11-13-28-57)48-44-32-41(60-40-23-22-36-14-8-9-15-38(36)30-40)24-25-46(44)61-52(47,49(43)48)59-29-7-2/h7-9,14-15,18-25,30-32,39,42,47-49,56-57H,2,6,10-13,16-17,26-29,33H2,1,3-5H3.